The molecule has 19 nitrogen and oxygen atoms in total. The Morgan fingerprint density at radius 3 is 0.400 bits per heavy atom. The van der Waals surface area contributed by atoms with Crippen LogP contribution in [-0.4, -0.2) is 53.6 Å². The molecule has 20 heteroatoms. The zero-order chi connectivity index (χ0) is 10.7. The van der Waals surface area contributed by atoms with Crippen molar-refractivity contribution in [2.45, 2.75) is 0 Å². The Kier molecular flexibility index (Phi) is 422. The van der Waals surface area contributed by atoms with Gasteiger partial charge in [0, 0.05) is 0 Å². The Hall–Kier alpha value is -1.45. The first-order valence-electron chi connectivity index (χ1n) is 1.64. The van der Waals surface area contributed by atoms with Gasteiger partial charge in [-0.15, -0.1) is 0 Å². The molecular formula is H14LuN3O16. The van der Waals surface area contributed by atoms with Crippen LogP contribution in [0.5, 0.6) is 0 Å². The van der Waals surface area contributed by atoms with Crippen molar-refractivity contribution < 1.29 is 90.5 Å². The molecule has 0 spiro atoms. The van der Waals surface area contributed by atoms with Crippen LogP contribution in [0.4, 0.5) is 0 Å². The third kappa shape index (κ3) is 1910. The molecule has 0 bridgehead atoms. The minimum absolute atomic E-state index is 0. The number of rotatable bonds is 0. The van der Waals surface area contributed by atoms with E-state index in [4.69, 9.17) is 46.0 Å². The molecule has 0 aliphatic rings. The topological polar surface area (TPSA) is 419 Å². The fourth-order valence-electron chi connectivity index (χ4n) is 0. The molecule has 0 aromatic carbocycles. The van der Waals surface area contributed by atoms with E-state index in [2.05, 4.69) is 0 Å². The van der Waals surface area contributed by atoms with Crippen LogP contribution in [0.3, 0.4) is 0 Å². The van der Waals surface area contributed by atoms with E-state index in [0.29, 0.717) is 0 Å². The molecule has 20 heavy (non-hydrogen) atoms. The predicted octanol–water partition coefficient (Wildman–Crippen LogP) is -6.49. The summed E-state index contributed by atoms with van der Waals surface area (Å²) in [6.45, 7) is 0. The fourth-order valence-corrected chi connectivity index (χ4v) is 0. The molecule has 14 N–H and O–H groups in total. The summed E-state index contributed by atoms with van der Waals surface area (Å²) in [7, 11) is 0. The van der Waals surface area contributed by atoms with Gasteiger partial charge < -0.3 is 84.3 Å². The Labute approximate surface area is 136 Å². The van der Waals surface area contributed by atoms with Gasteiger partial charge in [-0.2, -0.15) is 0 Å². The van der Waals surface area contributed by atoms with Crippen molar-refractivity contribution in [3.63, 3.8) is 0 Å². The molecule has 0 fully saturated rings. The first-order chi connectivity index (χ1) is 5.20. The molecule has 0 saturated heterocycles. The minimum atomic E-state index is -1.75. The normalized spacial score (nSPS) is 3.60. The van der Waals surface area contributed by atoms with Crippen LogP contribution in [0.1, 0.15) is 0 Å². The van der Waals surface area contributed by atoms with E-state index in [0.717, 1.165) is 0 Å². The van der Waals surface area contributed by atoms with E-state index < -0.39 is 15.3 Å². The summed E-state index contributed by atoms with van der Waals surface area (Å²) in [5, 5.41) is 44.2. The Bertz CT molecular complexity index is 115. The molecule has 0 aliphatic carbocycles. The van der Waals surface area contributed by atoms with E-state index in [9.17, 15) is 0 Å². The summed E-state index contributed by atoms with van der Waals surface area (Å²) in [6, 6.07) is 0. The van der Waals surface area contributed by atoms with Crippen LogP contribution in [0.2, 0.25) is 0 Å². The van der Waals surface area contributed by atoms with Crippen molar-refractivity contribution >= 4 is 0 Å². The third-order valence-electron chi connectivity index (χ3n) is 0. The summed E-state index contributed by atoms with van der Waals surface area (Å²) in [6.07, 6.45) is 0. The maximum atomic E-state index is 8.25. The van der Waals surface area contributed by atoms with Gasteiger partial charge in [0.05, 0.1) is 15.3 Å². The minimum Gasteiger partial charge on any atom is -0.412 e. The second-order valence-electron chi connectivity index (χ2n) is 0.671. The molecule has 0 unspecified atom stereocenters. The molecule has 0 heterocycles. The van der Waals surface area contributed by atoms with Crippen molar-refractivity contribution in [3.05, 3.63) is 46.0 Å². The van der Waals surface area contributed by atoms with Crippen molar-refractivity contribution in [1.29, 1.82) is 0 Å². The summed E-state index contributed by atoms with van der Waals surface area (Å²) in [5.41, 5.74) is 0. The standard InChI is InChI=1S/Lu.3NO3.7H2O/c;3*2-1(3)4;;;;;;;/h;;;;7*1H2/q+3;3*-1;;;;;;;. The van der Waals surface area contributed by atoms with Crippen LogP contribution < -0.4 is 0 Å². The average molecular weight is 487 g/mol. The van der Waals surface area contributed by atoms with Crippen molar-refractivity contribution in [3.8, 4) is 0 Å². The van der Waals surface area contributed by atoms with Crippen LogP contribution in [0.15, 0.2) is 0 Å². The first-order valence-corrected chi connectivity index (χ1v) is 1.64. The summed E-state index contributed by atoms with van der Waals surface area (Å²) in [4.78, 5) is 24.8. The second-order valence-corrected chi connectivity index (χ2v) is 0.671. The molecule has 0 amide bonds. The smallest absolute Gasteiger partial charge is 0.412 e. The number of hydrogen-bond acceptors (Lipinski definition) is 9. The molecule has 0 saturated carbocycles. The summed E-state index contributed by atoms with van der Waals surface area (Å²) < 4.78 is 0. The Morgan fingerprint density at radius 1 is 0.400 bits per heavy atom. The molecular weight excluding hydrogens is 473 g/mol. The maximum Gasteiger partial charge on any atom is 3.00 e. The van der Waals surface area contributed by atoms with Crippen LogP contribution in [-0.2, 0) is 0 Å². The van der Waals surface area contributed by atoms with Crippen LogP contribution >= 0.6 is 0 Å². The Balaban J connectivity index is -0.00000000562. The molecule has 0 aromatic rings. The van der Waals surface area contributed by atoms with Crippen LogP contribution in [0.25, 0.3) is 0 Å². The average Bonchev–Trinajstić information content (AvgIpc) is 1.54. The molecule has 0 aliphatic heterocycles. The monoisotopic (exact) mass is 487 g/mol. The van der Waals surface area contributed by atoms with Gasteiger partial charge in [0.15, 0.2) is 0 Å². The third-order valence-corrected chi connectivity index (χ3v) is 0. The van der Waals surface area contributed by atoms with Gasteiger partial charge in [-0.05, 0) is 0 Å². The van der Waals surface area contributed by atoms with E-state index in [-0.39, 0.29) is 75.2 Å². The van der Waals surface area contributed by atoms with Gasteiger partial charge in [-0.1, -0.05) is 0 Å². The SMILES string of the molecule is O.O.O.O.O.O.O.O=[N+]([O-])[O-].O=[N+]([O-])[O-].O=[N+]([O-])[O-].[Lu+3]. The van der Waals surface area contributed by atoms with E-state index >= 15 is 0 Å². The maximum absolute atomic E-state index is 8.25. The predicted molar refractivity (Wildman–Crippen MR) is 56.4 cm³/mol. The summed E-state index contributed by atoms with van der Waals surface area (Å²) >= 11 is 0. The quantitative estimate of drug-likeness (QED) is 0.231. The van der Waals surface area contributed by atoms with Gasteiger partial charge in [0.25, 0.3) is 0 Å². The van der Waals surface area contributed by atoms with Gasteiger partial charge >= 0.3 is 36.9 Å². The molecule has 0 atom stereocenters. The van der Waals surface area contributed by atoms with Crippen molar-refractivity contribution in [2.24, 2.45) is 0 Å². The number of hydrogen-bond donors (Lipinski definition) is 0. The van der Waals surface area contributed by atoms with Crippen molar-refractivity contribution in [1.82, 2.24) is 0 Å². The van der Waals surface area contributed by atoms with Crippen LogP contribution in [0, 0.1) is 82.8 Å². The number of nitrogens with zero attached hydrogens (tertiary/aromatic N) is 3. The second kappa shape index (κ2) is 84.3. The summed E-state index contributed by atoms with van der Waals surface area (Å²) in [5.74, 6) is 0. The van der Waals surface area contributed by atoms with Gasteiger partial charge in [0.1, 0.15) is 0 Å². The van der Waals surface area contributed by atoms with E-state index in [1.807, 2.05) is 0 Å². The fraction of sp³-hybridized carbons (Fsp3) is 0. The largest absolute Gasteiger partial charge is 3.00 e. The molecule has 140 valence electrons. The first kappa shape index (κ1) is 100. The Morgan fingerprint density at radius 2 is 0.400 bits per heavy atom. The molecule has 0 rings (SSSR count). The van der Waals surface area contributed by atoms with Gasteiger partial charge in [-0.25, -0.2) is 0 Å². The van der Waals surface area contributed by atoms with E-state index in [1.54, 1.807) is 0 Å². The zero-order valence-corrected chi connectivity index (χ0v) is 10.4. The van der Waals surface area contributed by atoms with Crippen molar-refractivity contribution in [2.75, 3.05) is 0 Å². The zero-order valence-electron chi connectivity index (χ0n) is 8.77. The molecule has 0 aromatic heterocycles. The van der Waals surface area contributed by atoms with Gasteiger partial charge in [-0.3, -0.25) is 0 Å². The van der Waals surface area contributed by atoms with Gasteiger partial charge in [0.2, 0.25) is 0 Å². The molecule has 0 radical (unpaired) electrons. The van der Waals surface area contributed by atoms with E-state index in [1.165, 1.54) is 0 Å².